The van der Waals surface area contributed by atoms with Crippen molar-refractivity contribution in [2.75, 3.05) is 32.2 Å². The predicted octanol–water partition coefficient (Wildman–Crippen LogP) is 7.00. The number of ether oxygens (including phenoxy) is 4. The molecule has 0 aliphatic carbocycles. The summed E-state index contributed by atoms with van der Waals surface area (Å²) in [4.78, 5) is 68.3. The Bertz CT molecular complexity index is 1890. The lowest BCUT2D eigenvalue weighted by atomic mass is 10.0. The molecule has 0 unspecified atom stereocenters. The minimum atomic E-state index is -1.05. The van der Waals surface area contributed by atoms with E-state index in [1.807, 2.05) is 6.07 Å². The van der Waals surface area contributed by atoms with E-state index in [-0.39, 0.29) is 59.2 Å². The van der Waals surface area contributed by atoms with Gasteiger partial charge in [-0.15, -0.1) is 0 Å². The summed E-state index contributed by atoms with van der Waals surface area (Å²) in [5.74, 6) is -3.57. The van der Waals surface area contributed by atoms with Crippen LogP contribution in [-0.2, 0) is 18.9 Å². The van der Waals surface area contributed by atoms with Crippen molar-refractivity contribution in [1.82, 2.24) is 9.97 Å². The van der Waals surface area contributed by atoms with Crippen LogP contribution in [-0.4, -0.2) is 65.2 Å². The topological polar surface area (TPSA) is 200 Å². The molecule has 14 nitrogen and oxygen atoms in total. The van der Waals surface area contributed by atoms with Gasteiger partial charge in [0.15, 0.2) is 11.3 Å². The Balaban J connectivity index is 0.000000271. The monoisotopic (exact) mass is 726 g/mol. The van der Waals surface area contributed by atoms with Gasteiger partial charge in [0.1, 0.15) is 27.0 Å². The van der Waals surface area contributed by atoms with Gasteiger partial charge in [-0.2, -0.15) is 0 Å². The summed E-state index contributed by atoms with van der Waals surface area (Å²) in [6, 6.07) is 17.1. The van der Waals surface area contributed by atoms with Crippen molar-refractivity contribution in [1.29, 1.82) is 0 Å². The van der Waals surface area contributed by atoms with Gasteiger partial charge in [-0.3, -0.25) is 10.1 Å². The van der Waals surface area contributed by atoms with Crippen LogP contribution in [0, 0.1) is 10.1 Å². The molecule has 262 valence electrons. The van der Waals surface area contributed by atoms with E-state index in [4.69, 9.17) is 47.9 Å². The van der Waals surface area contributed by atoms with Crippen molar-refractivity contribution in [2.45, 2.75) is 27.7 Å². The second-order valence-corrected chi connectivity index (χ2v) is 10.4. The molecule has 50 heavy (non-hydrogen) atoms. The van der Waals surface area contributed by atoms with Crippen LogP contribution in [0.15, 0.2) is 60.7 Å². The number of hydrogen-bond donors (Lipinski definition) is 1. The number of pyridine rings is 2. The first kappa shape index (κ1) is 38.8. The number of nitrogens with zero attached hydrogens (tertiary/aromatic N) is 3. The lowest BCUT2D eigenvalue weighted by Gasteiger charge is -2.15. The van der Waals surface area contributed by atoms with Crippen LogP contribution < -0.4 is 5.73 Å². The molecule has 4 rings (SSSR count). The SMILES string of the molecule is CCOC(=O)c1c(Cl)nc(-c2ccccc2)c(N)c1C(=O)OCC.CCOC(=O)c1c(Cl)nc(-c2ccccc2)c([N+](=O)[O-])c1C(=O)OCC. The summed E-state index contributed by atoms with van der Waals surface area (Å²) in [6.45, 7) is 6.58. The lowest BCUT2D eigenvalue weighted by molar-refractivity contribution is -0.384. The number of esters is 4. The summed E-state index contributed by atoms with van der Waals surface area (Å²) < 4.78 is 19.7. The first-order valence-corrected chi connectivity index (χ1v) is 15.8. The van der Waals surface area contributed by atoms with Crippen molar-refractivity contribution < 1.29 is 43.0 Å². The van der Waals surface area contributed by atoms with Crippen molar-refractivity contribution >= 4 is 58.5 Å². The molecule has 0 amide bonds. The molecule has 16 heteroatoms. The van der Waals surface area contributed by atoms with E-state index in [0.29, 0.717) is 16.8 Å². The maximum absolute atomic E-state index is 12.4. The van der Waals surface area contributed by atoms with Gasteiger partial charge in [0.25, 0.3) is 0 Å². The number of halogens is 2. The Morgan fingerprint density at radius 2 is 0.960 bits per heavy atom. The van der Waals surface area contributed by atoms with E-state index in [2.05, 4.69) is 9.97 Å². The van der Waals surface area contributed by atoms with Crippen LogP contribution in [0.5, 0.6) is 0 Å². The molecule has 0 fully saturated rings. The summed E-state index contributed by atoms with van der Waals surface area (Å²) >= 11 is 12.2. The van der Waals surface area contributed by atoms with Crippen LogP contribution in [0.4, 0.5) is 11.4 Å². The highest BCUT2D eigenvalue weighted by Crippen LogP contribution is 2.37. The molecular formula is C34H32Cl2N4O10. The van der Waals surface area contributed by atoms with Crippen LogP contribution in [0.3, 0.4) is 0 Å². The minimum Gasteiger partial charge on any atom is -0.462 e. The number of nitrogen functional groups attached to an aromatic ring is 1. The Morgan fingerprint density at radius 3 is 1.36 bits per heavy atom. The average Bonchev–Trinajstić information content (AvgIpc) is 3.09. The number of nitro groups is 1. The number of aromatic nitrogens is 2. The second-order valence-electron chi connectivity index (χ2n) is 9.64. The first-order chi connectivity index (χ1) is 23.9. The van der Waals surface area contributed by atoms with E-state index in [0.717, 1.165) is 0 Å². The van der Waals surface area contributed by atoms with Crippen LogP contribution in [0.1, 0.15) is 69.1 Å². The molecule has 0 saturated carbocycles. The predicted molar refractivity (Wildman–Crippen MR) is 184 cm³/mol. The van der Waals surface area contributed by atoms with Gasteiger partial charge < -0.3 is 24.7 Å². The summed E-state index contributed by atoms with van der Waals surface area (Å²) in [5.41, 5.74) is 5.29. The Morgan fingerprint density at radius 1 is 0.620 bits per heavy atom. The van der Waals surface area contributed by atoms with Crippen molar-refractivity contribution in [2.24, 2.45) is 0 Å². The molecule has 0 atom stereocenters. The van der Waals surface area contributed by atoms with E-state index in [9.17, 15) is 29.3 Å². The van der Waals surface area contributed by atoms with Crippen LogP contribution in [0.2, 0.25) is 10.3 Å². The molecule has 0 radical (unpaired) electrons. The molecule has 0 saturated heterocycles. The molecule has 4 aromatic rings. The Labute approximate surface area is 296 Å². The largest absolute Gasteiger partial charge is 0.462 e. The highest BCUT2D eigenvalue weighted by molar-refractivity contribution is 6.34. The average molecular weight is 728 g/mol. The maximum atomic E-state index is 12.4. The van der Waals surface area contributed by atoms with Crippen molar-refractivity contribution in [3.05, 3.63) is 103 Å². The van der Waals surface area contributed by atoms with E-state index in [1.54, 1.807) is 75.4 Å². The van der Waals surface area contributed by atoms with E-state index in [1.165, 1.54) is 6.92 Å². The van der Waals surface area contributed by atoms with E-state index < -0.39 is 45.6 Å². The molecule has 0 spiro atoms. The number of nitrogens with two attached hydrogens (primary N) is 1. The number of benzene rings is 2. The Kier molecular flexibility index (Phi) is 14.2. The standard InChI is InChI=1S/C17H15ClN2O6.C17H17ClN2O4/c1-3-25-16(21)11-12(17(22)26-4-2)15(18)19-13(14(11)20(23)24)10-8-6-5-7-9-10;1-3-23-16(21)11-12(17(22)24-4-2)15(18)20-14(13(11)19)10-8-6-5-7-9-10/h5-9H,3-4H2,1-2H3;5-9H,3-4,19H2,1-2H3. The fraction of sp³-hybridized carbons (Fsp3) is 0.235. The first-order valence-electron chi connectivity index (χ1n) is 15.1. The Hall–Kier alpha value is -5.60. The molecule has 2 aromatic carbocycles. The summed E-state index contributed by atoms with van der Waals surface area (Å²) in [6.07, 6.45) is 0. The third-order valence-electron chi connectivity index (χ3n) is 6.51. The number of carbonyl (C=O) groups is 4. The van der Waals surface area contributed by atoms with Crippen molar-refractivity contribution in [3.8, 4) is 22.5 Å². The molecule has 2 heterocycles. The van der Waals surface area contributed by atoms with Crippen molar-refractivity contribution in [3.63, 3.8) is 0 Å². The molecule has 0 aliphatic heterocycles. The highest BCUT2D eigenvalue weighted by atomic mass is 35.5. The molecule has 0 aliphatic rings. The van der Waals surface area contributed by atoms with E-state index >= 15 is 0 Å². The minimum absolute atomic E-state index is 0.00827. The van der Waals surface area contributed by atoms with Gasteiger partial charge in [-0.05, 0) is 27.7 Å². The van der Waals surface area contributed by atoms with Gasteiger partial charge in [-0.1, -0.05) is 83.9 Å². The second kappa shape index (κ2) is 18.2. The number of rotatable bonds is 11. The van der Waals surface area contributed by atoms with Gasteiger partial charge in [-0.25, -0.2) is 29.1 Å². The fourth-order valence-corrected chi connectivity index (χ4v) is 5.02. The molecular weight excluding hydrogens is 695 g/mol. The zero-order valence-corrected chi connectivity index (χ0v) is 28.9. The van der Waals surface area contributed by atoms with Gasteiger partial charge in [0, 0.05) is 11.1 Å². The van der Waals surface area contributed by atoms with Gasteiger partial charge >= 0.3 is 29.6 Å². The van der Waals surface area contributed by atoms with Crippen LogP contribution >= 0.6 is 23.2 Å². The van der Waals surface area contributed by atoms with Crippen LogP contribution in [0.25, 0.3) is 22.5 Å². The summed E-state index contributed by atoms with van der Waals surface area (Å²) in [7, 11) is 0. The van der Waals surface area contributed by atoms with Gasteiger partial charge in [0.05, 0.1) is 42.7 Å². The number of hydrogen-bond acceptors (Lipinski definition) is 13. The number of anilines is 1. The molecule has 2 N–H and O–H groups in total. The highest BCUT2D eigenvalue weighted by Gasteiger charge is 2.37. The zero-order valence-electron chi connectivity index (χ0n) is 27.4. The quantitative estimate of drug-likeness (QED) is 0.0545. The zero-order chi connectivity index (χ0) is 37.0. The van der Waals surface area contributed by atoms with Gasteiger partial charge in [0.2, 0.25) is 0 Å². The normalized spacial score (nSPS) is 10.3. The third kappa shape index (κ3) is 8.89. The molecule has 2 aromatic heterocycles. The molecule has 0 bridgehead atoms. The fourth-order valence-electron chi connectivity index (χ4n) is 4.50. The smallest absolute Gasteiger partial charge is 0.346 e. The lowest BCUT2D eigenvalue weighted by Crippen LogP contribution is -2.18. The third-order valence-corrected chi connectivity index (χ3v) is 7.06. The summed E-state index contributed by atoms with van der Waals surface area (Å²) in [5, 5.41) is 11.2. The number of carbonyl (C=O) groups excluding carboxylic acids is 4. The maximum Gasteiger partial charge on any atom is 0.346 e.